The number of halogens is 4. The molecule has 6 heteroatoms. The van der Waals surface area contributed by atoms with Crippen molar-refractivity contribution in [2.75, 3.05) is 6.54 Å². The van der Waals surface area contributed by atoms with E-state index >= 15 is 0 Å². The van der Waals surface area contributed by atoms with Gasteiger partial charge in [0.25, 0.3) is 0 Å². The van der Waals surface area contributed by atoms with Crippen molar-refractivity contribution in [2.24, 2.45) is 0 Å². The van der Waals surface area contributed by atoms with Crippen LogP contribution >= 0.6 is 22.9 Å². The van der Waals surface area contributed by atoms with E-state index < -0.39 is 11.7 Å². The summed E-state index contributed by atoms with van der Waals surface area (Å²) >= 11 is 7.47. The Balaban J connectivity index is 2.43. The number of hydrogen-bond acceptors (Lipinski definition) is 2. The summed E-state index contributed by atoms with van der Waals surface area (Å²) in [6, 6.07) is 7.04. The van der Waals surface area contributed by atoms with E-state index in [4.69, 9.17) is 11.6 Å². The van der Waals surface area contributed by atoms with Crippen LogP contribution in [0, 0.1) is 6.92 Å². The third-order valence-corrected chi connectivity index (χ3v) is 4.74. The van der Waals surface area contributed by atoms with Gasteiger partial charge in [-0.15, -0.1) is 11.3 Å². The minimum Gasteiger partial charge on any atom is -0.306 e. The van der Waals surface area contributed by atoms with Crippen molar-refractivity contribution in [3.63, 3.8) is 0 Å². The minimum atomic E-state index is -4.34. The molecule has 0 saturated carbocycles. The van der Waals surface area contributed by atoms with Crippen LogP contribution in [0.4, 0.5) is 13.2 Å². The SMILES string of the molecule is CCNC(c1cccc(C(F)(F)F)c1)c1cc(C)c(Cl)s1. The fourth-order valence-corrected chi connectivity index (χ4v) is 3.43. The molecule has 0 aliphatic rings. The molecule has 21 heavy (non-hydrogen) atoms. The number of nitrogens with one attached hydrogen (secondary N) is 1. The van der Waals surface area contributed by atoms with E-state index in [0.29, 0.717) is 16.4 Å². The molecule has 114 valence electrons. The molecular formula is C15H15ClF3NS. The molecule has 1 N–H and O–H groups in total. The number of benzene rings is 1. The average Bonchev–Trinajstić information content (AvgIpc) is 2.75. The van der Waals surface area contributed by atoms with Gasteiger partial charge in [0.1, 0.15) is 0 Å². The van der Waals surface area contributed by atoms with Gasteiger partial charge in [0.05, 0.1) is 15.9 Å². The lowest BCUT2D eigenvalue weighted by atomic mass is 10.0. The van der Waals surface area contributed by atoms with E-state index in [2.05, 4.69) is 5.32 Å². The van der Waals surface area contributed by atoms with Gasteiger partial charge in [0.2, 0.25) is 0 Å². The van der Waals surface area contributed by atoms with Crippen molar-refractivity contribution in [3.05, 3.63) is 56.2 Å². The molecule has 0 aliphatic heterocycles. The Hall–Kier alpha value is -1.04. The zero-order valence-electron chi connectivity index (χ0n) is 11.6. The van der Waals surface area contributed by atoms with Gasteiger partial charge in [0, 0.05) is 4.88 Å². The third kappa shape index (κ3) is 3.78. The Bertz CT molecular complexity index is 602. The van der Waals surface area contributed by atoms with Crippen molar-refractivity contribution >= 4 is 22.9 Å². The maximum atomic E-state index is 12.8. The number of alkyl halides is 3. The summed E-state index contributed by atoms with van der Waals surface area (Å²) in [5, 5.41) is 3.22. The van der Waals surface area contributed by atoms with Crippen LogP contribution < -0.4 is 5.32 Å². The molecule has 1 aromatic heterocycles. The Labute approximate surface area is 130 Å². The molecule has 1 aromatic carbocycles. The van der Waals surface area contributed by atoms with Gasteiger partial charge < -0.3 is 5.32 Å². The maximum Gasteiger partial charge on any atom is 0.416 e. The summed E-state index contributed by atoms with van der Waals surface area (Å²) in [5.74, 6) is 0. The van der Waals surface area contributed by atoms with Crippen LogP contribution in [0.3, 0.4) is 0 Å². The van der Waals surface area contributed by atoms with E-state index in [1.54, 1.807) is 6.07 Å². The van der Waals surface area contributed by atoms with Crippen LogP contribution in [-0.4, -0.2) is 6.54 Å². The molecular weight excluding hydrogens is 319 g/mol. The van der Waals surface area contributed by atoms with Crippen LogP contribution in [0.5, 0.6) is 0 Å². The molecule has 1 heterocycles. The zero-order chi connectivity index (χ0) is 15.6. The Kier molecular flexibility index (Phi) is 4.96. The number of rotatable bonds is 4. The second-order valence-electron chi connectivity index (χ2n) is 4.72. The predicted molar refractivity (Wildman–Crippen MR) is 81.0 cm³/mol. The van der Waals surface area contributed by atoms with Crippen molar-refractivity contribution in [1.29, 1.82) is 0 Å². The van der Waals surface area contributed by atoms with E-state index in [1.807, 2.05) is 19.9 Å². The Morgan fingerprint density at radius 1 is 1.29 bits per heavy atom. The Morgan fingerprint density at radius 2 is 2.00 bits per heavy atom. The van der Waals surface area contributed by atoms with Crippen LogP contribution in [0.15, 0.2) is 30.3 Å². The lowest BCUT2D eigenvalue weighted by Gasteiger charge is -2.18. The van der Waals surface area contributed by atoms with Gasteiger partial charge in [-0.3, -0.25) is 0 Å². The fourth-order valence-electron chi connectivity index (χ4n) is 2.11. The van der Waals surface area contributed by atoms with E-state index in [0.717, 1.165) is 16.5 Å². The molecule has 0 bridgehead atoms. The highest BCUT2D eigenvalue weighted by Gasteiger charge is 2.31. The van der Waals surface area contributed by atoms with E-state index in [1.165, 1.54) is 23.5 Å². The van der Waals surface area contributed by atoms with Crippen LogP contribution in [0.25, 0.3) is 0 Å². The first-order valence-electron chi connectivity index (χ1n) is 6.49. The summed E-state index contributed by atoms with van der Waals surface area (Å²) in [5.41, 5.74) is 0.887. The molecule has 0 aliphatic carbocycles. The van der Waals surface area contributed by atoms with Crippen LogP contribution in [0.1, 0.15) is 34.5 Å². The average molecular weight is 334 g/mol. The topological polar surface area (TPSA) is 12.0 Å². The van der Waals surface area contributed by atoms with Gasteiger partial charge in [-0.1, -0.05) is 30.7 Å². The first-order valence-corrected chi connectivity index (χ1v) is 7.68. The minimum absolute atomic E-state index is 0.284. The smallest absolute Gasteiger partial charge is 0.306 e. The van der Waals surface area contributed by atoms with Gasteiger partial charge in [-0.2, -0.15) is 13.2 Å². The number of aryl methyl sites for hydroxylation is 1. The molecule has 0 radical (unpaired) electrons. The van der Waals surface area contributed by atoms with Gasteiger partial charge in [-0.25, -0.2) is 0 Å². The molecule has 2 aromatic rings. The lowest BCUT2D eigenvalue weighted by Crippen LogP contribution is -2.21. The highest BCUT2D eigenvalue weighted by Crippen LogP contribution is 2.36. The molecule has 0 fully saturated rings. The van der Waals surface area contributed by atoms with Gasteiger partial charge in [-0.05, 0) is 42.8 Å². The zero-order valence-corrected chi connectivity index (χ0v) is 13.2. The standard InChI is InChI=1S/C15H15ClF3NS/c1-3-20-13(12-7-9(2)14(16)21-12)10-5-4-6-11(8-10)15(17,18)19/h4-8,13,20H,3H2,1-2H3. The lowest BCUT2D eigenvalue weighted by molar-refractivity contribution is -0.137. The van der Waals surface area contributed by atoms with Crippen molar-refractivity contribution < 1.29 is 13.2 Å². The molecule has 2 rings (SSSR count). The van der Waals surface area contributed by atoms with Crippen LogP contribution in [-0.2, 0) is 6.18 Å². The summed E-state index contributed by atoms with van der Waals surface area (Å²) in [4.78, 5) is 0.915. The first-order chi connectivity index (χ1) is 9.82. The molecule has 0 amide bonds. The second-order valence-corrected chi connectivity index (χ2v) is 6.41. The fraction of sp³-hybridized carbons (Fsp3) is 0.333. The van der Waals surface area contributed by atoms with Crippen molar-refractivity contribution in [1.82, 2.24) is 5.32 Å². The van der Waals surface area contributed by atoms with Crippen molar-refractivity contribution in [2.45, 2.75) is 26.1 Å². The molecule has 0 spiro atoms. The maximum absolute atomic E-state index is 12.8. The first kappa shape index (κ1) is 16.3. The molecule has 1 unspecified atom stereocenters. The summed E-state index contributed by atoms with van der Waals surface area (Å²) < 4.78 is 39.2. The number of thiophene rings is 1. The van der Waals surface area contributed by atoms with E-state index in [9.17, 15) is 13.2 Å². The Morgan fingerprint density at radius 3 is 2.52 bits per heavy atom. The summed E-state index contributed by atoms with van der Waals surface area (Å²) in [6.07, 6.45) is -4.34. The van der Waals surface area contributed by atoms with Crippen LogP contribution in [0.2, 0.25) is 4.34 Å². The van der Waals surface area contributed by atoms with Gasteiger partial charge >= 0.3 is 6.18 Å². The van der Waals surface area contributed by atoms with Crippen molar-refractivity contribution in [3.8, 4) is 0 Å². The quantitative estimate of drug-likeness (QED) is 0.787. The summed E-state index contributed by atoms with van der Waals surface area (Å²) in [7, 11) is 0. The molecule has 0 saturated heterocycles. The monoisotopic (exact) mass is 333 g/mol. The highest BCUT2D eigenvalue weighted by molar-refractivity contribution is 7.16. The second kappa shape index (κ2) is 6.38. The molecule has 1 nitrogen and oxygen atoms in total. The summed E-state index contributed by atoms with van der Waals surface area (Å²) in [6.45, 7) is 4.45. The van der Waals surface area contributed by atoms with E-state index in [-0.39, 0.29) is 6.04 Å². The highest BCUT2D eigenvalue weighted by atomic mass is 35.5. The van der Waals surface area contributed by atoms with Gasteiger partial charge in [0.15, 0.2) is 0 Å². The molecule has 1 atom stereocenters. The largest absolute Gasteiger partial charge is 0.416 e. The third-order valence-electron chi connectivity index (χ3n) is 3.12. The normalized spacial score (nSPS) is 13.4. The number of hydrogen-bond donors (Lipinski definition) is 1. The predicted octanol–water partition coefficient (Wildman–Crippen LogP) is 5.43.